The zero-order chi connectivity index (χ0) is 16.2. The van der Waals surface area contributed by atoms with Crippen LogP contribution in [0, 0.1) is 6.92 Å². The molecule has 0 unspecified atom stereocenters. The van der Waals surface area contributed by atoms with Crippen molar-refractivity contribution in [1.82, 2.24) is 4.72 Å². The first-order valence-electron chi connectivity index (χ1n) is 7.08. The average molecular weight is 328 g/mol. The number of rotatable bonds is 7. The van der Waals surface area contributed by atoms with E-state index in [1.807, 2.05) is 6.92 Å². The smallest absolute Gasteiger partial charge is 0.262 e. The van der Waals surface area contributed by atoms with Gasteiger partial charge in [-0.15, -0.1) is 0 Å². The Kier molecular flexibility index (Phi) is 5.38. The summed E-state index contributed by atoms with van der Waals surface area (Å²) in [5.41, 5.74) is 1.03. The summed E-state index contributed by atoms with van der Waals surface area (Å²) in [6.07, 6.45) is 0.601. The number of anilines is 1. The second-order valence-electron chi connectivity index (χ2n) is 4.90. The van der Waals surface area contributed by atoms with Crippen molar-refractivity contribution in [1.29, 1.82) is 0 Å². The maximum atomic E-state index is 12.3. The van der Waals surface area contributed by atoms with Crippen LogP contribution >= 0.6 is 0 Å². The lowest BCUT2D eigenvalue weighted by atomic mass is 10.2. The zero-order valence-electron chi connectivity index (χ0n) is 12.6. The van der Waals surface area contributed by atoms with Gasteiger partial charge in [0.2, 0.25) is 10.0 Å². The number of fused-ring (bicyclic) bond motifs is 1. The number of benzene rings is 1. The summed E-state index contributed by atoms with van der Waals surface area (Å²) in [7, 11) is -3.62. The second-order valence-corrected chi connectivity index (χ2v) is 6.63. The molecule has 2 rings (SSSR count). The standard InChI is InChI=1S/C14H20N2O5S/c1-3-20-6-4-5-15-22(18,19)13-8-12-11(7-10(13)2)16-14(17)9-21-12/h7-8,15H,3-6,9H2,1-2H3,(H,16,17). The molecule has 0 radical (unpaired) electrons. The van der Waals surface area contributed by atoms with E-state index in [2.05, 4.69) is 10.0 Å². The number of carbonyl (C=O) groups excluding carboxylic acids is 1. The summed E-state index contributed by atoms with van der Waals surface area (Å²) in [4.78, 5) is 11.4. The van der Waals surface area contributed by atoms with Crippen LogP contribution in [0.5, 0.6) is 5.75 Å². The van der Waals surface area contributed by atoms with Crippen molar-refractivity contribution in [3.8, 4) is 5.75 Å². The number of amides is 1. The van der Waals surface area contributed by atoms with Gasteiger partial charge in [-0.05, 0) is 31.9 Å². The van der Waals surface area contributed by atoms with Crippen LogP contribution in [-0.4, -0.2) is 40.7 Å². The van der Waals surface area contributed by atoms with E-state index in [1.165, 1.54) is 6.07 Å². The highest BCUT2D eigenvalue weighted by atomic mass is 32.2. The molecule has 22 heavy (non-hydrogen) atoms. The summed E-state index contributed by atoms with van der Waals surface area (Å²) in [5.74, 6) is 0.108. The van der Waals surface area contributed by atoms with Gasteiger partial charge in [0, 0.05) is 25.8 Å². The molecular weight excluding hydrogens is 308 g/mol. The van der Waals surface area contributed by atoms with Crippen molar-refractivity contribution in [3.05, 3.63) is 17.7 Å². The highest BCUT2D eigenvalue weighted by Gasteiger charge is 2.23. The molecule has 0 bridgehead atoms. The van der Waals surface area contributed by atoms with Crippen LogP contribution < -0.4 is 14.8 Å². The van der Waals surface area contributed by atoms with Crippen LogP contribution in [0.2, 0.25) is 0 Å². The highest BCUT2D eigenvalue weighted by Crippen LogP contribution is 2.32. The third-order valence-electron chi connectivity index (χ3n) is 3.16. The minimum absolute atomic E-state index is 0.114. The molecule has 122 valence electrons. The maximum Gasteiger partial charge on any atom is 0.262 e. The van der Waals surface area contributed by atoms with Crippen molar-refractivity contribution in [2.24, 2.45) is 0 Å². The van der Waals surface area contributed by atoms with Crippen LogP contribution in [0.1, 0.15) is 18.9 Å². The molecule has 0 saturated carbocycles. The number of ether oxygens (including phenoxy) is 2. The van der Waals surface area contributed by atoms with Crippen molar-refractivity contribution in [2.75, 3.05) is 31.7 Å². The first-order chi connectivity index (χ1) is 10.4. The summed E-state index contributed by atoms with van der Waals surface area (Å²) in [6, 6.07) is 3.04. The molecule has 0 saturated heterocycles. The molecule has 0 atom stereocenters. The van der Waals surface area contributed by atoms with Crippen LogP contribution in [0.15, 0.2) is 17.0 Å². The molecule has 1 aliphatic heterocycles. The normalized spacial score (nSPS) is 14.2. The Hall–Kier alpha value is -1.64. The van der Waals surface area contributed by atoms with E-state index in [1.54, 1.807) is 13.0 Å². The molecule has 1 amide bonds. The van der Waals surface area contributed by atoms with E-state index in [0.717, 1.165) is 0 Å². The van der Waals surface area contributed by atoms with Crippen LogP contribution in [0.4, 0.5) is 5.69 Å². The van der Waals surface area contributed by atoms with E-state index in [4.69, 9.17) is 9.47 Å². The quantitative estimate of drug-likeness (QED) is 0.729. The van der Waals surface area contributed by atoms with Crippen LogP contribution in [-0.2, 0) is 19.6 Å². The first kappa shape index (κ1) is 16.7. The number of hydrogen-bond acceptors (Lipinski definition) is 5. The van der Waals surface area contributed by atoms with Crippen molar-refractivity contribution in [2.45, 2.75) is 25.2 Å². The highest BCUT2D eigenvalue weighted by molar-refractivity contribution is 7.89. The average Bonchev–Trinajstić information content (AvgIpc) is 2.46. The van der Waals surface area contributed by atoms with Gasteiger partial charge in [-0.25, -0.2) is 13.1 Å². The summed E-state index contributed by atoms with van der Waals surface area (Å²) in [6.45, 7) is 4.88. The van der Waals surface area contributed by atoms with Crippen LogP contribution in [0.3, 0.4) is 0 Å². The van der Waals surface area contributed by atoms with Gasteiger partial charge >= 0.3 is 0 Å². The SMILES string of the molecule is CCOCCCNS(=O)(=O)c1cc2c(cc1C)NC(=O)CO2. The molecule has 7 nitrogen and oxygen atoms in total. The Morgan fingerprint density at radius 3 is 2.91 bits per heavy atom. The third kappa shape index (κ3) is 3.96. The number of aryl methyl sites for hydroxylation is 1. The maximum absolute atomic E-state index is 12.3. The summed E-state index contributed by atoms with van der Waals surface area (Å²) < 4.78 is 37.6. The number of carbonyl (C=O) groups is 1. The number of hydrogen-bond donors (Lipinski definition) is 2. The molecule has 1 aromatic rings. The number of sulfonamides is 1. The first-order valence-corrected chi connectivity index (χ1v) is 8.57. The zero-order valence-corrected chi connectivity index (χ0v) is 13.5. The predicted molar refractivity (Wildman–Crippen MR) is 81.6 cm³/mol. The summed E-state index contributed by atoms with van der Waals surface area (Å²) in [5, 5.41) is 2.65. The monoisotopic (exact) mass is 328 g/mol. The van der Waals surface area contributed by atoms with E-state index >= 15 is 0 Å². The van der Waals surface area contributed by atoms with Gasteiger partial charge in [0.1, 0.15) is 5.75 Å². The Labute approximate surface area is 130 Å². The Balaban J connectivity index is 2.12. The van der Waals surface area contributed by atoms with Crippen LogP contribution in [0.25, 0.3) is 0 Å². The Morgan fingerprint density at radius 1 is 1.41 bits per heavy atom. The lowest BCUT2D eigenvalue weighted by molar-refractivity contribution is -0.118. The van der Waals surface area contributed by atoms with Gasteiger partial charge < -0.3 is 14.8 Å². The lowest BCUT2D eigenvalue weighted by Crippen LogP contribution is -2.28. The van der Waals surface area contributed by atoms with Gasteiger partial charge in [-0.3, -0.25) is 4.79 Å². The molecule has 1 aliphatic rings. The topological polar surface area (TPSA) is 93.7 Å². The van der Waals surface area contributed by atoms with E-state index in [9.17, 15) is 13.2 Å². The van der Waals surface area contributed by atoms with Gasteiger partial charge in [-0.2, -0.15) is 0 Å². The minimum atomic E-state index is -3.62. The van der Waals surface area contributed by atoms with E-state index in [0.29, 0.717) is 43.2 Å². The number of nitrogens with one attached hydrogen (secondary N) is 2. The van der Waals surface area contributed by atoms with E-state index < -0.39 is 10.0 Å². The van der Waals surface area contributed by atoms with Gasteiger partial charge in [0.05, 0.1) is 10.6 Å². The molecule has 1 aromatic carbocycles. The molecule has 0 spiro atoms. The predicted octanol–water partition coefficient (Wildman–Crippen LogP) is 1.03. The van der Waals surface area contributed by atoms with Gasteiger partial charge in [0.15, 0.2) is 6.61 Å². The van der Waals surface area contributed by atoms with Crippen molar-refractivity contribution < 1.29 is 22.7 Å². The van der Waals surface area contributed by atoms with Crippen molar-refractivity contribution >= 4 is 21.6 Å². The third-order valence-corrected chi connectivity index (χ3v) is 4.76. The molecule has 1 heterocycles. The second kappa shape index (κ2) is 7.08. The Bertz CT molecular complexity index is 657. The van der Waals surface area contributed by atoms with Gasteiger partial charge in [-0.1, -0.05) is 0 Å². The molecule has 0 aliphatic carbocycles. The fourth-order valence-electron chi connectivity index (χ4n) is 2.11. The van der Waals surface area contributed by atoms with Gasteiger partial charge in [0.25, 0.3) is 5.91 Å². The molecule has 8 heteroatoms. The minimum Gasteiger partial charge on any atom is -0.482 e. The fourth-order valence-corrected chi connectivity index (χ4v) is 3.42. The largest absolute Gasteiger partial charge is 0.482 e. The van der Waals surface area contributed by atoms with E-state index in [-0.39, 0.29) is 17.4 Å². The molecule has 2 N–H and O–H groups in total. The van der Waals surface area contributed by atoms with Crippen molar-refractivity contribution in [3.63, 3.8) is 0 Å². The molecular formula is C14H20N2O5S. The molecule has 0 fully saturated rings. The Morgan fingerprint density at radius 2 is 2.18 bits per heavy atom. The summed E-state index contributed by atoms with van der Waals surface area (Å²) >= 11 is 0. The molecule has 0 aromatic heterocycles. The fraction of sp³-hybridized carbons (Fsp3) is 0.500. The lowest BCUT2D eigenvalue weighted by Gasteiger charge is -2.20.